The molecule has 1 saturated heterocycles. The Hall–Kier alpha value is -0.200. The van der Waals surface area contributed by atoms with Crippen LogP contribution in [0.2, 0.25) is 0 Å². The van der Waals surface area contributed by atoms with E-state index < -0.39 is 0 Å². The van der Waals surface area contributed by atoms with Gasteiger partial charge in [-0.05, 0) is 23.8 Å². The molecule has 2 atom stereocenters. The first kappa shape index (κ1) is 7.90. The van der Waals surface area contributed by atoms with E-state index in [0.29, 0.717) is 12.3 Å². The Kier molecular flexibility index (Phi) is 3.04. The molecule has 2 unspecified atom stereocenters. The third-order valence-electron chi connectivity index (χ3n) is 1.89. The van der Waals surface area contributed by atoms with Gasteiger partial charge in [-0.25, -0.2) is 0 Å². The Morgan fingerprint density at radius 2 is 2.50 bits per heavy atom. The first-order chi connectivity index (χ1) is 4.84. The fourth-order valence-electron chi connectivity index (χ4n) is 1.14. The first-order valence-corrected chi connectivity index (χ1v) is 4.70. The summed E-state index contributed by atoms with van der Waals surface area (Å²) in [6, 6.07) is 2.45. The van der Waals surface area contributed by atoms with Gasteiger partial charge in [-0.2, -0.15) is 17.0 Å². The molecule has 2 N–H and O–H groups in total. The van der Waals surface area contributed by atoms with E-state index in [0.717, 1.165) is 12.2 Å². The molecular formula is C7H12N2S. The summed E-state index contributed by atoms with van der Waals surface area (Å²) < 4.78 is 0. The maximum absolute atomic E-state index is 8.42. The lowest BCUT2D eigenvalue weighted by molar-refractivity contribution is 0.451. The lowest BCUT2D eigenvalue weighted by Gasteiger charge is -2.25. The molecule has 0 aromatic heterocycles. The topological polar surface area (TPSA) is 49.8 Å². The number of nitrogens with zero attached hydrogens (tertiary/aromatic N) is 1. The lowest BCUT2D eigenvalue weighted by Crippen LogP contribution is -2.35. The second-order valence-electron chi connectivity index (χ2n) is 2.65. The molecule has 1 aliphatic heterocycles. The molecule has 0 radical (unpaired) electrons. The van der Waals surface area contributed by atoms with Gasteiger partial charge in [0.05, 0.1) is 6.07 Å². The van der Waals surface area contributed by atoms with Crippen molar-refractivity contribution in [1.82, 2.24) is 0 Å². The molecule has 3 heteroatoms. The summed E-state index contributed by atoms with van der Waals surface area (Å²) in [5, 5.41) is 8.42. The molecule has 0 amide bonds. The Balaban J connectivity index is 2.34. The fraction of sp³-hybridized carbons (Fsp3) is 0.857. The van der Waals surface area contributed by atoms with Gasteiger partial charge in [0.25, 0.3) is 0 Å². The molecule has 1 rings (SSSR count). The van der Waals surface area contributed by atoms with E-state index in [1.807, 2.05) is 11.8 Å². The van der Waals surface area contributed by atoms with Gasteiger partial charge in [0.1, 0.15) is 0 Å². The second-order valence-corrected chi connectivity index (χ2v) is 3.80. The van der Waals surface area contributed by atoms with Crippen LogP contribution in [0.4, 0.5) is 0 Å². The average molecular weight is 156 g/mol. The minimum atomic E-state index is 0.279. The van der Waals surface area contributed by atoms with E-state index >= 15 is 0 Å². The van der Waals surface area contributed by atoms with Crippen molar-refractivity contribution in [3.05, 3.63) is 0 Å². The third kappa shape index (κ3) is 1.89. The van der Waals surface area contributed by atoms with Crippen LogP contribution in [0, 0.1) is 17.2 Å². The van der Waals surface area contributed by atoms with Crippen molar-refractivity contribution in [2.24, 2.45) is 11.7 Å². The third-order valence-corrected chi connectivity index (χ3v) is 3.07. The highest BCUT2D eigenvalue weighted by molar-refractivity contribution is 7.99. The van der Waals surface area contributed by atoms with Crippen molar-refractivity contribution in [1.29, 1.82) is 5.26 Å². The largest absolute Gasteiger partial charge is 0.327 e. The van der Waals surface area contributed by atoms with Crippen molar-refractivity contribution < 1.29 is 0 Å². The average Bonchev–Trinajstić information content (AvgIpc) is 1.94. The quantitative estimate of drug-likeness (QED) is 0.615. The van der Waals surface area contributed by atoms with Crippen molar-refractivity contribution in [2.75, 3.05) is 11.5 Å². The summed E-state index contributed by atoms with van der Waals surface area (Å²) in [5.74, 6) is 2.70. The number of nitriles is 1. The van der Waals surface area contributed by atoms with E-state index in [1.54, 1.807) is 0 Å². The van der Waals surface area contributed by atoms with Crippen LogP contribution >= 0.6 is 11.8 Å². The van der Waals surface area contributed by atoms with Crippen molar-refractivity contribution in [3.8, 4) is 6.07 Å². The summed E-state index contributed by atoms with van der Waals surface area (Å²) in [7, 11) is 0. The molecule has 0 spiro atoms. The normalized spacial score (nSPS) is 33.2. The highest BCUT2D eigenvalue weighted by Crippen LogP contribution is 2.23. The van der Waals surface area contributed by atoms with Gasteiger partial charge in [0.15, 0.2) is 0 Å². The molecule has 0 aromatic rings. The SMILES string of the molecule is N#CCC1CSCCC1N. The number of hydrogen-bond donors (Lipinski definition) is 1. The lowest BCUT2D eigenvalue weighted by atomic mass is 9.97. The van der Waals surface area contributed by atoms with E-state index in [2.05, 4.69) is 6.07 Å². The molecule has 10 heavy (non-hydrogen) atoms. The van der Waals surface area contributed by atoms with E-state index in [1.165, 1.54) is 5.75 Å². The predicted octanol–water partition coefficient (Wildman–Crippen LogP) is 0.980. The van der Waals surface area contributed by atoms with Crippen LogP contribution in [0.25, 0.3) is 0 Å². The minimum Gasteiger partial charge on any atom is -0.327 e. The zero-order chi connectivity index (χ0) is 7.40. The Morgan fingerprint density at radius 3 is 3.10 bits per heavy atom. The molecular weight excluding hydrogens is 144 g/mol. The number of hydrogen-bond acceptors (Lipinski definition) is 3. The summed E-state index contributed by atoms with van der Waals surface area (Å²) in [6.45, 7) is 0. The number of nitrogens with two attached hydrogens (primary N) is 1. The predicted molar refractivity (Wildman–Crippen MR) is 43.6 cm³/mol. The molecule has 1 heterocycles. The fourth-order valence-corrected chi connectivity index (χ4v) is 2.41. The first-order valence-electron chi connectivity index (χ1n) is 3.55. The van der Waals surface area contributed by atoms with Gasteiger partial charge in [-0.3, -0.25) is 0 Å². The maximum atomic E-state index is 8.42. The molecule has 2 nitrogen and oxygen atoms in total. The minimum absolute atomic E-state index is 0.279. The second kappa shape index (κ2) is 3.85. The zero-order valence-corrected chi connectivity index (χ0v) is 6.73. The summed E-state index contributed by atoms with van der Waals surface area (Å²) >= 11 is 1.92. The van der Waals surface area contributed by atoms with Crippen molar-refractivity contribution in [2.45, 2.75) is 18.9 Å². The standard InChI is InChI=1S/C7H12N2S/c8-3-1-6-5-10-4-2-7(6)9/h6-7H,1-2,4-5,9H2. The van der Waals surface area contributed by atoms with E-state index in [4.69, 9.17) is 11.0 Å². The van der Waals surface area contributed by atoms with Crippen LogP contribution in [0.15, 0.2) is 0 Å². The van der Waals surface area contributed by atoms with Crippen molar-refractivity contribution >= 4 is 11.8 Å². The van der Waals surface area contributed by atoms with E-state index in [9.17, 15) is 0 Å². The van der Waals surface area contributed by atoms with Crippen LogP contribution in [0.3, 0.4) is 0 Å². The van der Waals surface area contributed by atoms with Gasteiger partial charge in [-0.15, -0.1) is 0 Å². The summed E-state index contributed by atoms with van der Waals surface area (Å²) in [5.41, 5.74) is 5.80. The smallest absolute Gasteiger partial charge is 0.0625 e. The van der Waals surface area contributed by atoms with Gasteiger partial charge in [0, 0.05) is 12.5 Å². The van der Waals surface area contributed by atoms with Gasteiger partial charge >= 0.3 is 0 Å². The highest BCUT2D eigenvalue weighted by Gasteiger charge is 2.21. The molecule has 1 fully saturated rings. The Bertz CT molecular complexity index is 141. The van der Waals surface area contributed by atoms with Gasteiger partial charge in [0.2, 0.25) is 0 Å². The maximum Gasteiger partial charge on any atom is 0.0625 e. The monoisotopic (exact) mass is 156 g/mol. The highest BCUT2D eigenvalue weighted by atomic mass is 32.2. The molecule has 0 bridgehead atoms. The van der Waals surface area contributed by atoms with Crippen LogP contribution in [-0.2, 0) is 0 Å². The molecule has 0 saturated carbocycles. The van der Waals surface area contributed by atoms with Crippen LogP contribution in [-0.4, -0.2) is 17.5 Å². The van der Waals surface area contributed by atoms with E-state index in [-0.39, 0.29) is 6.04 Å². The van der Waals surface area contributed by atoms with Crippen LogP contribution in [0.5, 0.6) is 0 Å². The Labute approximate surface area is 65.8 Å². The zero-order valence-electron chi connectivity index (χ0n) is 5.92. The summed E-state index contributed by atoms with van der Waals surface area (Å²) in [6.07, 6.45) is 1.71. The van der Waals surface area contributed by atoms with Crippen LogP contribution in [0.1, 0.15) is 12.8 Å². The van der Waals surface area contributed by atoms with Crippen molar-refractivity contribution in [3.63, 3.8) is 0 Å². The van der Waals surface area contributed by atoms with Gasteiger partial charge < -0.3 is 5.73 Å². The molecule has 56 valence electrons. The number of rotatable bonds is 1. The van der Waals surface area contributed by atoms with Gasteiger partial charge in [-0.1, -0.05) is 0 Å². The number of thioether (sulfide) groups is 1. The summed E-state index contributed by atoms with van der Waals surface area (Å²) in [4.78, 5) is 0. The molecule has 0 aliphatic carbocycles. The molecule has 1 aliphatic rings. The van der Waals surface area contributed by atoms with Crippen LogP contribution < -0.4 is 5.73 Å². The molecule has 0 aromatic carbocycles. The Morgan fingerprint density at radius 1 is 1.70 bits per heavy atom.